The van der Waals surface area contributed by atoms with E-state index in [1.54, 1.807) is 6.26 Å². The van der Waals surface area contributed by atoms with Gasteiger partial charge in [0.05, 0.1) is 19.5 Å². The Kier molecular flexibility index (Phi) is 34.8. The highest BCUT2D eigenvalue weighted by Gasteiger charge is 2.24. The fourth-order valence-electron chi connectivity index (χ4n) is 4.73. The summed E-state index contributed by atoms with van der Waals surface area (Å²) in [7, 11) is -4.27. The Balaban J connectivity index is 4.23. The molecule has 1 unspecified atom stereocenters. The molecule has 0 saturated heterocycles. The quantitative estimate of drug-likeness (QED) is 0.0221. The van der Waals surface area contributed by atoms with Crippen LogP contribution in [0, 0.1) is 0 Å². The summed E-state index contributed by atoms with van der Waals surface area (Å²) in [6.07, 6.45) is 43.4. The Hall–Kier alpha value is -1.96. The van der Waals surface area contributed by atoms with Gasteiger partial charge in [-0.3, -0.25) is 13.8 Å². The Morgan fingerprint density at radius 2 is 1.19 bits per heavy atom. The number of hydrogen-bond donors (Lipinski definition) is 2. The van der Waals surface area contributed by atoms with Crippen LogP contribution in [0.25, 0.3) is 0 Å². The van der Waals surface area contributed by atoms with E-state index in [1.165, 1.54) is 70.6 Å². The minimum Gasteiger partial charge on any atom is -0.492 e. The van der Waals surface area contributed by atoms with Crippen LogP contribution in [0.4, 0.5) is 0 Å². The van der Waals surface area contributed by atoms with Crippen molar-refractivity contribution in [3.05, 3.63) is 60.9 Å². The average Bonchev–Trinajstić information content (AvgIpc) is 3.08. The average molecular weight is 696 g/mol. The van der Waals surface area contributed by atoms with Gasteiger partial charge in [0.1, 0.15) is 6.61 Å². The Bertz CT molecular complexity index is 916. The maximum Gasteiger partial charge on any atom is 0.472 e. The number of esters is 1. The summed E-state index contributed by atoms with van der Waals surface area (Å²) >= 11 is 0. The van der Waals surface area contributed by atoms with Crippen molar-refractivity contribution in [3.8, 4) is 0 Å². The van der Waals surface area contributed by atoms with Crippen LogP contribution in [0.3, 0.4) is 0 Å². The summed E-state index contributed by atoms with van der Waals surface area (Å²) < 4.78 is 33.0. The molecule has 0 aliphatic carbocycles. The fourth-order valence-corrected chi connectivity index (χ4v) is 5.50. The largest absolute Gasteiger partial charge is 0.492 e. The second-order valence-electron chi connectivity index (χ2n) is 12.1. The Labute approximate surface area is 293 Å². The van der Waals surface area contributed by atoms with E-state index in [9.17, 15) is 14.3 Å². The number of allylic oxidation sites excluding steroid dienone is 9. The van der Waals surface area contributed by atoms with Crippen molar-refractivity contribution < 1.29 is 32.8 Å². The first-order valence-corrected chi connectivity index (χ1v) is 20.3. The zero-order valence-corrected chi connectivity index (χ0v) is 31.3. The number of hydrogen-bond acceptors (Lipinski definition) is 7. The lowest BCUT2D eigenvalue weighted by molar-refractivity contribution is -0.147. The van der Waals surface area contributed by atoms with Gasteiger partial charge in [0.15, 0.2) is 6.10 Å². The van der Waals surface area contributed by atoms with Crippen LogP contribution < -0.4 is 5.73 Å². The molecule has 0 aliphatic rings. The van der Waals surface area contributed by atoms with Gasteiger partial charge < -0.3 is 20.1 Å². The van der Waals surface area contributed by atoms with Gasteiger partial charge >= 0.3 is 13.8 Å². The molecule has 0 bridgehead atoms. The van der Waals surface area contributed by atoms with Crippen molar-refractivity contribution in [1.82, 2.24) is 0 Å². The minimum absolute atomic E-state index is 0.0878. The highest BCUT2D eigenvalue weighted by Crippen LogP contribution is 2.43. The van der Waals surface area contributed by atoms with E-state index in [1.807, 2.05) is 6.08 Å². The van der Waals surface area contributed by atoms with Crippen LogP contribution in [0.1, 0.15) is 149 Å². The maximum atomic E-state index is 12.3. The molecule has 0 radical (unpaired) electrons. The van der Waals surface area contributed by atoms with Gasteiger partial charge in [-0.05, 0) is 63.9 Å². The van der Waals surface area contributed by atoms with E-state index in [0.717, 1.165) is 57.8 Å². The van der Waals surface area contributed by atoms with Crippen molar-refractivity contribution in [2.45, 2.75) is 155 Å². The van der Waals surface area contributed by atoms with E-state index in [4.69, 9.17) is 24.3 Å². The van der Waals surface area contributed by atoms with E-state index in [2.05, 4.69) is 62.5 Å². The van der Waals surface area contributed by atoms with Crippen molar-refractivity contribution in [2.75, 3.05) is 26.4 Å². The maximum absolute atomic E-state index is 12.3. The molecule has 0 aromatic carbocycles. The number of phosphoric ester groups is 1. The summed E-state index contributed by atoms with van der Waals surface area (Å²) in [5, 5.41) is 0. The predicted molar refractivity (Wildman–Crippen MR) is 201 cm³/mol. The Morgan fingerprint density at radius 1 is 0.667 bits per heavy atom. The third-order valence-electron chi connectivity index (χ3n) is 7.54. The topological polar surface area (TPSA) is 117 Å². The van der Waals surface area contributed by atoms with Crippen LogP contribution in [-0.2, 0) is 27.9 Å². The molecule has 2 atom stereocenters. The monoisotopic (exact) mass is 695 g/mol. The number of unbranched alkanes of at least 4 members (excludes halogenated alkanes) is 14. The van der Waals surface area contributed by atoms with Crippen LogP contribution in [0.5, 0.6) is 0 Å². The van der Waals surface area contributed by atoms with Crippen LogP contribution in [0.2, 0.25) is 0 Å². The lowest BCUT2D eigenvalue weighted by Gasteiger charge is -2.19. The summed E-state index contributed by atoms with van der Waals surface area (Å²) in [5.41, 5.74) is 5.34. The van der Waals surface area contributed by atoms with Crippen molar-refractivity contribution in [2.24, 2.45) is 5.73 Å². The number of carbonyl (C=O) groups excluding carboxylic acids is 1. The minimum atomic E-state index is -4.27. The molecule has 0 rings (SSSR count). The molecule has 9 heteroatoms. The summed E-state index contributed by atoms with van der Waals surface area (Å²) in [4.78, 5) is 22.2. The highest BCUT2D eigenvalue weighted by molar-refractivity contribution is 7.47. The third-order valence-corrected chi connectivity index (χ3v) is 8.52. The first-order chi connectivity index (χ1) is 23.4. The van der Waals surface area contributed by atoms with Gasteiger partial charge in [-0.15, -0.1) is 0 Å². The summed E-state index contributed by atoms with van der Waals surface area (Å²) in [6, 6.07) is 0. The van der Waals surface area contributed by atoms with Crippen LogP contribution in [-0.4, -0.2) is 43.3 Å². The molecule has 48 heavy (non-hydrogen) atoms. The Morgan fingerprint density at radius 3 is 1.77 bits per heavy atom. The fraction of sp³-hybridized carbons (Fsp3) is 0.718. The number of phosphoric acid groups is 1. The third kappa shape index (κ3) is 35.3. The number of ether oxygens (including phenoxy) is 2. The van der Waals surface area contributed by atoms with Gasteiger partial charge in [0.2, 0.25) is 0 Å². The standard InChI is InChI=1S/C39H70NO7P/c1-3-5-7-9-11-13-15-17-19-20-22-24-26-28-30-32-39(41)45-36-38(37-47-48(42,43)46-35-33-40)44-34-31-29-27-25-23-21-18-16-14-12-10-8-6-4-2/h5,7,11,13,17,19,22,24,31,34,38H,3-4,6,8-10,12,14-16,18,20-21,23,25-30,32-33,35-37,40H2,1-2H3,(H,42,43)/t38-/m1/s1. The van der Waals surface area contributed by atoms with Crippen molar-refractivity contribution in [1.29, 1.82) is 0 Å². The highest BCUT2D eigenvalue weighted by atomic mass is 31.2. The van der Waals surface area contributed by atoms with E-state index < -0.39 is 13.9 Å². The number of rotatable bonds is 35. The number of carbonyl (C=O) groups is 1. The predicted octanol–water partition coefficient (Wildman–Crippen LogP) is 11.0. The van der Waals surface area contributed by atoms with E-state index >= 15 is 0 Å². The molecule has 0 saturated carbocycles. The second-order valence-corrected chi connectivity index (χ2v) is 13.6. The number of nitrogens with two attached hydrogens (primary N) is 1. The van der Waals surface area contributed by atoms with Gasteiger partial charge in [-0.2, -0.15) is 0 Å². The molecule has 278 valence electrons. The normalized spacial score (nSPS) is 14.2. The SMILES string of the molecule is CCC=CCC=CCC=CCC=CCCCCC(=O)OC[C@H](COP(=O)(O)OCCN)OC=CCCCCCCCCCCCCCC. The van der Waals surface area contributed by atoms with E-state index in [0.29, 0.717) is 6.42 Å². The summed E-state index contributed by atoms with van der Waals surface area (Å²) in [5.74, 6) is -0.333. The van der Waals surface area contributed by atoms with Gasteiger partial charge in [-0.25, -0.2) is 4.57 Å². The van der Waals surface area contributed by atoms with Crippen LogP contribution >= 0.6 is 7.82 Å². The second kappa shape index (κ2) is 36.3. The molecular weight excluding hydrogens is 625 g/mol. The lowest BCUT2D eigenvalue weighted by atomic mass is 10.0. The lowest BCUT2D eigenvalue weighted by Crippen LogP contribution is -2.25. The molecule has 0 aromatic rings. The summed E-state index contributed by atoms with van der Waals surface area (Å²) in [6.45, 7) is 4.03. The molecule has 0 fully saturated rings. The van der Waals surface area contributed by atoms with Gasteiger partial charge in [0, 0.05) is 13.0 Å². The van der Waals surface area contributed by atoms with Crippen molar-refractivity contribution in [3.63, 3.8) is 0 Å². The molecule has 0 spiro atoms. The molecule has 8 nitrogen and oxygen atoms in total. The molecule has 0 heterocycles. The van der Waals surface area contributed by atoms with Crippen molar-refractivity contribution >= 4 is 13.8 Å². The first kappa shape index (κ1) is 46.0. The smallest absolute Gasteiger partial charge is 0.472 e. The molecule has 0 amide bonds. The molecule has 0 aliphatic heterocycles. The first-order valence-electron chi connectivity index (χ1n) is 18.8. The van der Waals surface area contributed by atoms with Gasteiger partial charge in [0.25, 0.3) is 0 Å². The molecule has 3 N–H and O–H groups in total. The zero-order chi connectivity index (χ0) is 35.2. The van der Waals surface area contributed by atoms with Gasteiger partial charge in [-0.1, -0.05) is 133 Å². The van der Waals surface area contributed by atoms with Crippen LogP contribution in [0.15, 0.2) is 60.9 Å². The molecular formula is C39H70NO7P. The zero-order valence-electron chi connectivity index (χ0n) is 30.4. The van der Waals surface area contributed by atoms with E-state index in [-0.39, 0.29) is 32.3 Å². The molecule has 0 aromatic heterocycles.